The van der Waals surface area contributed by atoms with Gasteiger partial charge in [-0.25, -0.2) is 4.98 Å². The van der Waals surface area contributed by atoms with Crippen molar-refractivity contribution >= 4 is 11.7 Å². The number of hydrogen-bond donors (Lipinski definition) is 2. The Kier molecular flexibility index (Phi) is 4.24. The summed E-state index contributed by atoms with van der Waals surface area (Å²) in [6.07, 6.45) is 10.4. The SMILES string of the molecule is CC1CC2CCC3CC1(Cc1ccc4c(c1)OC[C@H](NC(=O)c1cnc5c(c1)[C@@H]1C[C@@H]1CN5)C4)N23. The van der Waals surface area contributed by atoms with Gasteiger partial charge in [0.25, 0.3) is 5.91 Å². The fraction of sp³-hybridized carbons (Fsp3) is 0.586. The van der Waals surface area contributed by atoms with E-state index in [1.54, 1.807) is 6.20 Å². The highest BCUT2D eigenvalue weighted by molar-refractivity contribution is 5.94. The largest absolute Gasteiger partial charge is 0.491 e. The number of aromatic nitrogens is 1. The average Bonchev–Trinajstić information content (AvgIpc) is 3.53. The maximum absolute atomic E-state index is 13.0. The first kappa shape index (κ1) is 20.6. The Morgan fingerprint density at radius 3 is 3.11 bits per heavy atom. The number of fused-ring (bicyclic) bond motifs is 4. The number of pyridine rings is 1. The van der Waals surface area contributed by atoms with Crippen molar-refractivity contribution in [1.29, 1.82) is 0 Å². The fourth-order valence-electron chi connectivity index (χ4n) is 8.30. The summed E-state index contributed by atoms with van der Waals surface area (Å²) in [5, 5.41) is 6.59. The number of hydrogen-bond acceptors (Lipinski definition) is 5. The lowest BCUT2D eigenvalue weighted by Crippen LogP contribution is -2.64. The molecule has 0 spiro atoms. The van der Waals surface area contributed by atoms with Crippen LogP contribution in [0.4, 0.5) is 5.82 Å². The van der Waals surface area contributed by atoms with Gasteiger partial charge in [0.1, 0.15) is 18.2 Å². The fourth-order valence-corrected chi connectivity index (χ4v) is 8.30. The monoisotopic (exact) mass is 470 g/mol. The van der Waals surface area contributed by atoms with Gasteiger partial charge in [0.05, 0.1) is 11.6 Å². The van der Waals surface area contributed by atoms with Crippen molar-refractivity contribution in [1.82, 2.24) is 15.2 Å². The zero-order valence-corrected chi connectivity index (χ0v) is 20.4. The minimum Gasteiger partial charge on any atom is -0.491 e. The van der Waals surface area contributed by atoms with Gasteiger partial charge in [-0.3, -0.25) is 9.69 Å². The van der Waals surface area contributed by atoms with E-state index < -0.39 is 0 Å². The average molecular weight is 471 g/mol. The Morgan fingerprint density at radius 1 is 1.26 bits per heavy atom. The van der Waals surface area contributed by atoms with Gasteiger partial charge >= 0.3 is 0 Å². The molecule has 1 saturated carbocycles. The van der Waals surface area contributed by atoms with Crippen molar-refractivity contribution < 1.29 is 9.53 Å². The Balaban J connectivity index is 0.950. The lowest BCUT2D eigenvalue weighted by Gasteiger charge is -2.56. The highest BCUT2D eigenvalue weighted by Crippen LogP contribution is 2.59. The predicted octanol–water partition coefficient (Wildman–Crippen LogP) is 3.90. The quantitative estimate of drug-likeness (QED) is 0.710. The van der Waals surface area contributed by atoms with E-state index in [-0.39, 0.29) is 11.9 Å². The van der Waals surface area contributed by atoms with Crippen molar-refractivity contribution in [2.75, 3.05) is 18.5 Å². The third kappa shape index (κ3) is 3.05. The number of carbonyl (C=O) groups is 1. The lowest BCUT2D eigenvalue weighted by atomic mass is 9.69. The van der Waals surface area contributed by atoms with Gasteiger partial charge in [-0.15, -0.1) is 0 Å². The maximum Gasteiger partial charge on any atom is 0.253 e. The summed E-state index contributed by atoms with van der Waals surface area (Å²) >= 11 is 0. The number of ether oxygens (including phenoxy) is 1. The van der Waals surface area contributed by atoms with E-state index in [0.29, 0.717) is 23.6 Å². The summed E-state index contributed by atoms with van der Waals surface area (Å²) in [6.45, 7) is 4.00. The van der Waals surface area contributed by atoms with Gasteiger partial charge in [-0.2, -0.15) is 0 Å². The molecule has 8 rings (SSSR count). The molecule has 4 fully saturated rings. The van der Waals surface area contributed by atoms with Gasteiger partial charge in [-0.05, 0) is 91.5 Å². The van der Waals surface area contributed by atoms with Gasteiger partial charge in [0.2, 0.25) is 0 Å². The minimum atomic E-state index is -0.0502. The third-order valence-electron chi connectivity index (χ3n) is 10.2. The Morgan fingerprint density at radius 2 is 2.17 bits per heavy atom. The van der Waals surface area contributed by atoms with E-state index in [0.717, 1.165) is 54.9 Å². The first-order valence-electron chi connectivity index (χ1n) is 13.6. The highest BCUT2D eigenvalue weighted by atomic mass is 16.5. The highest BCUT2D eigenvalue weighted by Gasteiger charge is 2.63. The van der Waals surface area contributed by atoms with E-state index >= 15 is 0 Å². The van der Waals surface area contributed by atoms with Crippen LogP contribution in [0.5, 0.6) is 5.75 Å². The van der Waals surface area contributed by atoms with Gasteiger partial charge < -0.3 is 15.4 Å². The zero-order chi connectivity index (χ0) is 23.3. The van der Waals surface area contributed by atoms with Crippen molar-refractivity contribution in [3.63, 3.8) is 0 Å². The molecule has 6 heteroatoms. The number of rotatable bonds is 4. The molecular formula is C29H34N4O2. The molecule has 7 atom stereocenters. The molecule has 5 aliphatic heterocycles. The molecule has 2 aromatic rings. The molecule has 6 aliphatic rings. The number of nitrogens with zero attached hydrogens (tertiary/aromatic N) is 2. The number of anilines is 1. The van der Waals surface area contributed by atoms with Crippen molar-refractivity contribution in [3.05, 3.63) is 52.7 Å². The Labute approximate surface area is 206 Å². The zero-order valence-electron chi connectivity index (χ0n) is 20.4. The number of nitrogens with one attached hydrogen (secondary N) is 2. The van der Waals surface area contributed by atoms with Gasteiger partial charge in [-0.1, -0.05) is 19.1 Å². The molecule has 35 heavy (non-hydrogen) atoms. The molecule has 6 nitrogen and oxygen atoms in total. The summed E-state index contributed by atoms with van der Waals surface area (Å²) in [5.41, 5.74) is 4.84. The van der Waals surface area contributed by atoms with E-state index in [2.05, 4.69) is 45.6 Å². The standard InChI is InChI=1S/C29H34N4O2/c1-16-6-22-4-5-23-12-29(16,33(22)23)11-17-2-3-18-8-21(15-35-26(18)7-17)32-28(34)20-10-25-24-9-19(24)13-30-27(25)31-14-20/h2-3,7,10,14,16,19,21-24H,4-6,8-9,11-13,15H2,1H3,(H,30,31)(H,32,34)/t16?,19-,21-,22?,23?,24-,29?/m1/s1. The molecule has 0 bridgehead atoms. The van der Waals surface area contributed by atoms with Crippen molar-refractivity contribution in [2.24, 2.45) is 11.8 Å². The summed E-state index contributed by atoms with van der Waals surface area (Å²) in [7, 11) is 0. The van der Waals surface area contributed by atoms with E-state index in [1.807, 2.05) is 6.07 Å². The van der Waals surface area contributed by atoms with Crippen LogP contribution in [0.1, 0.15) is 72.0 Å². The topological polar surface area (TPSA) is 66.5 Å². The molecule has 3 saturated heterocycles. The maximum atomic E-state index is 13.0. The molecule has 182 valence electrons. The summed E-state index contributed by atoms with van der Waals surface area (Å²) in [5.74, 6) is 3.99. The van der Waals surface area contributed by atoms with E-state index in [9.17, 15) is 4.79 Å². The van der Waals surface area contributed by atoms with Gasteiger partial charge in [0.15, 0.2) is 0 Å². The third-order valence-corrected chi connectivity index (χ3v) is 10.2. The normalized spacial score (nSPS) is 37.6. The van der Waals surface area contributed by atoms with Crippen molar-refractivity contribution in [2.45, 2.75) is 81.5 Å². The smallest absolute Gasteiger partial charge is 0.253 e. The number of amides is 1. The second kappa shape index (κ2) is 7.22. The molecule has 1 aromatic carbocycles. The van der Waals surface area contributed by atoms with E-state index in [4.69, 9.17) is 4.74 Å². The Hall–Kier alpha value is -2.60. The van der Waals surface area contributed by atoms with E-state index in [1.165, 1.54) is 48.8 Å². The molecule has 6 heterocycles. The Bertz CT molecular complexity index is 1230. The molecular weight excluding hydrogens is 436 g/mol. The summed E-state index contributed by atoms with van der Waals surface area (Å²) in [4.78, 5) is 20.4. The molecule has 1 amide bonds. The van der Waals surface area contributed by atoms with Crippen LogP contribution in [0.25, 0.3) is 0 Å². The number of benzene rings is 1. The minimum absolute atomic E-state index is 0.0186. The molecule has 4 unspecified atom stereocenters. The van der Waals surface area contributed by atoms with Crippen LogP contribution in [-0.2, 0) is 12.8 Å². The number of carbonyl (C=O) groups excluding carboxylic acids is 1. The summed E-state index contributed by atoms with van der Waals surface area (Å²) in [6, 6.07) is 10.5. The van der Waals surface area contributed by atoms with Crippen molar-refractivity contribution in [3.8, 4) is 5.75 Å². The summed E-state index contributed by atoms with van der Waals surface area (Å²) < 4.78 is 6.20. The van der Waals surface area contributed by atoms with Gasteiger partial charge in [0, 0.05) is 30.4 Å². The van der Waals surface area contributed by atoms with Crippen LogP contribution in [-0.4, -0.2) is 52.6 Å². The van der Waals surface area contributed by atoms with Crippen LogP contribution in [0.3, 0.4) is 0 Å². The predicted molar refractivity (Wildman–Crippen MR) is 134 cm³/mol. The second-order valence-corrected chi connectivity index (χ2v) is 12.2. The van der Waals surface area contributed by atoms with Crippen LogP contribution in [0, 0.1) is 11.8 Å². The molecule has 0 radical (unpaired) electrons. The molecule has 1 aliphatic carbocycles. The van der Waals surface area contributed by atoms with Crippen LogP contribution < -0.4 is 15.4 Å². The molecule has 2 N–H and O–H groups in total. The van der Waals surface area contributed by atoms with Crippen LogP contribution in [0.2, 0.25) is 0 Å². The molecule has 1 aromatic heterocycles. The second-order valence-electron chi connectivity index (χ2n) is 12.2. The first-order chi connectivity index (χ1) is 17.1. The van der Waals surface area contributed by atoms with Crippen LogP contribution in [0.15, 0.2) is 30.5 Å². The lowest BCUT2D eigenvalue weighted by molar-refractivity contribution is -0.0521. The van der Waals surface area contributed by atoms with Crippen LogP contribution >= 0.6 is 0 Å². The first-order valence-corrected chi connectivity index (χ1v) is 13.6.